The zero-order valence-corrected chi connectivity index (χ0v) is 16.0. The number of carbonyl (C=O) groups excluding carboxylic acids is 1. The second-order valence-electron chi connectivity index (χ2n) is 5.25. The number of halogens is 3. The SMILES string of the molecule is CCN(c1c(OC(F)F)ccc(C(=O)NC2=NNNN2C)c1Cl)S(C)(=O)=O. The van der Waals surface area contributed by atoms with E-state index < -0.39 is 28.3 Å². The molecule has 0 saturated carbocycles. The van der Waals surface area contributed by atoms with Gasteiger partial charge in [0.05, 0.1) is 16.8 Å². The van der Waals surface area contributed by atoms with Crippen LogP contribution in [0, 0.1) is 0 Å². The summed E-state index contributed by atoms with van der Waals surface area (Å²) in [6, 6.07) is 2.19. The van der Waals surface area contributed by atoms with Crippen molar-refractivity contribution in [3.63, 3.8) is 0 Å². The van der Waals surface area contributed by atoms with Crippen molar-refractivity contribution in [2.24, 2.45) is 5.10 Å². The lowest BCUT2D eigenvalue weighted by Crippen LogP contribution is -2.45. The van der Waals surface area contributed by atoms with E-state index in [4.69, 9.17) is 11.6 Å². The van der Waals surface area contributed by atoms with Crippen LogP contribution in [0.25, 0.3) is 0 Å². The van der Waals surface area contributed by atoms with Crippen LogP contribution in [0.15, 0.2) is 17.2 Å². The van der Waals surface area contributed by atoms with Gasteiger partial charge >= 0.3 is 6.61 Å². The molecule has 0 unspecified atom stereocenters. The van der Waals surface area contributed by atoms with Crippen molar-refractivity contribution in [2.75, 3.05) is 24.2 Å². The molecule has 0 bridgehead atoms. The number of hydrazine groups is 2. The molecule has 150 valence electrons. The van der Waals surface area contributed by atoms with E-state index in [0.717, 1.165) is 22.7 Å². The number of hydrogen-bond donors (Lipinski definition) is 3. The summed E-state index contributed by atoms with van der Waals surface area (Å²) in [5.74, 6) is -1.09. The van der Waals surface area contributed by atoms with Gasteiger partial charge in [0.15, 0.2) is 5.75 Å². The van der Waals surface area contributed by atoms with Crippen molar-refractivity contribution in [1.29, 1.82) is 0 Å². The summed E-state index contributed by atoms with van der Waals surface area (Å²) in [6.45, 7) is -1.85. The van der Waals surface area contributed by atoms with Crippen LogP contribution in [0.3, 0.4) is 0 Å². The summed E-state index contributed by atoms with van der Waals surface area (Å²) < 4.78 is 54.7. The normalized spacial score (nSPS) is 14.0. The number of nitrogens with one attached hydrogen (secondary N) is 3. The highest BCUT2D eigenvalue weighted by Crippen LogP contribution is 2.40. The highest BCUT2D eigenvalue weighted by molar-refractivity contribution is 7.92. The quantitative estimate of drug-likeness (QED) is 0.612. The molecule has 0 saturated heterocycles. The standard InChI is InChI=1S/C13H17ClF2N6O4S/c1-4-22(27(3,24)25)10-8(26-12(15)16)6-5-7(9(10)14)11(23)17-13-18-19-20-21(13)2/h5-6,12,19-20H,4H2,1-3H3,(H,17,18,23). The fraction of sp³-hybridized carbons (Fsp3) is 0.385. The molecule has 3 N–H and O–H groups in total. The van der Waals surface area contributed by atoms with Crippen LogP contribution in [0.2, 0.25) is 5.02 Å². The predicted molar refractivity (Wildman–Crippen MR) is 94.9 cm³/mol. The first-order valence-electron chi connectivity index (χ1n) is 7.44. The number of amides is 1. The Balaban J connectivity index is 2.51. The minimum absolute atomic E-state index is 0.112. The van der Waals surface area contributed by atoms with E-state index in [-0.39, 0.29) is 28.8 Å². The molecule has 1 heterocycles. The van der Waals surface area contributed by atoms with Gasteiger partial charge in [0.1, 0.15) is 5.69 Å². The minimum atomic E-state index is -3.88. The van der Waals surface area contributed by atoms with E-state index in [2.05, 4.69) is 26.2 Å². The number of carbonyl (C=O) groups is 1. The van der Waals surface area contributed by atoms with Gasteiger partial charge in [-0.3, -0.25) is 19.4 Å². The van der Waals surface area contributed by atoms with Gasteiger partial charge in [-0.1, -0.05) is 11.6 Å². The summed E-state index contributed by atoms with van der Waals surface area (Å²) in [4.78, 5) is 12.5. The maximum Gasteiger partial charge on any atom is 0.387 e. The molecule has 1 aliphatic heterocycles. The number of hydrogen-bond acceptors (Lipinski definition) is 8. The van der Waals surface area contributed by atoms with Gasteiger partial charge < -0.3 is 4.74 Å². The largest absolute Gasteiger partial charge is 0.433 e. The van der Waals surface area contributed by atoms with Gasteiger partial charge in [-0.2, -0.15) is 8.78 Å². The zero-order valence-electron chi connectivity index (χ0n) is 14.5. The third kappa shape index (κ3) is 4.67. The maximum absolute atomic E-state index is 12.7. The van der Waals surface area contributed by atoms with Crippen molar-refractivity contribution in [3.05, 3.63) is 22.7 Å². The van der Waals surface area contributed by atoms with Crippen LogP contribution in [0.1, 0.15) is 17.3 Å². The summed E-state index contributed by atoms with van der Waals surface area (Å²) in [6.07, 6.45) is 0.880. The lowest BCUT2D eigenvalue weighted by Gasteiger charge is -2.25. The Morgan fingerprint density at radius 3 is 2.63 bits per heavy atom. The second kappa shape index (κ2) is 8.10. The smallest absolute Gasteiger partial charge is 0.387 e. The lowest BCUT2D eigenvalue weighted by molar-refractivity contribution is -0.0494. The Bertz CT molecular complexity index is 867. The average Bonchev–Trinajstić information content (AvgIpc) is 2.94. The molecule has 0 aromatic heterocycles. The molecule has 1 amide bonds. The summed E-state index contributed by atoms with van der Waals surface area (Å²) in [7, 11) is -2.32. The van der Waals surface area contributed by atoms with Crippen molar-refractivity contribution in [1.82, 2.24) is 21.4 Å². The van der Waals surface area contributed by atoms with E-state index in [1.165, 1.54) is 11.9 Å². The number of guanidine groups is 1. The molecule has 0 radical (unpaired) electrons. The first-order valence-corrected chi connectivity index (χ1v) is 9.67. The number of anilines is 1. The number of benzene rings is 1. The van der Waals surface area contributed by atoms with Gasteiger partial charge in [0.2, 0.25) is 16.0 Å². The molecule has 0 spiro atoms. The average molecular weight is 427 g/mol. The molecule has 27 heavy (non-hydrogen) atoms. The molecule has 0 atom stereocenters. The van der Waals surface area contributed by atoms with E-state index >= 15 is 0 Å². The number of ether oxygens (including phenoxy) is 1. The van der Waals surface area contributed by atoms with Gasteiger partial charge in [0.25, 0.3) is 5.91 Å². The highest BCUT2D eigenvalue weighted by Gasteiger charge is 2.28. The molecule has 10 nitrogen and oxygen atoms in total. The number of hydrazone groups is 1. The monoisotopic (exact) mass is 426 g/mol. The minimum Gasteiger partial charge on any atom is -0.433 e. The Morgan fingerprint density at radius 1 is 1.48 bits per heavy atom. The van der Waals surface area contributed by atoms with E-state index in [0.29, 0.717) is 0 Å². The molecule has 1 aromatic carbocycles. The maximum atomic E-state index is 12.7. The summed E-state index contributed by atoms with van der Waals surface area (Å²) >= 11 is 6.22. The van der Waals surface area contributed by atoms with E-state index in [1.807, 2.05) is 0 Å². The van der Waals surface area contributed by atoms with Crippen LogP contribution in [0.5, 0.6) is 5.75 Å². The summed E-state index contributed by atoms with van der Waals surface area (Å²) in [5, 5.41) is 7.19. The molecule has 1 aromatic rings. The molecular weight excluding hydrogens is 410 g/mol. The number of rotatable bonds is 6. The van der Waals surface area contributed by atoms with Crippen molar-refractivity contribution >= 4 is 39.2 Å². The van der Waals surface area contributed by atoms with Crippen LogP contribution in [-0.2, 0) is 10.0 Å². The van der Waals surface area contributed by atoms with E-state index in [1.54, 1.807) is 7.05 Å². The van der Waals surface area contributed by atoms with Crippen LogP contribution in [-0.4, -0.2) is 51.8 Å². The molecule has 14 heteroatoms. The predicted octanol–water partition coefficient (Wildman–Crippen LogP) is 0.683. The topological polar surface area (TPSA) is 115 Å². The van der Waals surface area contributed by atoms with Crippen LogP contribution >= 0.6 is 11.6 Å². The molecule has 0 aliphatic carbocycles. The molecule has 1 aliphatic rings. The third-order valence-electron chi connectivity index (χ3n) is 3.40. The first kappa shape index (κ1) is 20.9. The lowest BCUT2D eigenvalue weighted by atomic mass is 10.1. The van der Waals surface area contributed by atoms with Crippen LogP contribution in [0.4, 0.5) is 14.5 Å². The van der Waals surface area contributed by atoms with Crippen molar-refractivity contribution < 1.29 is 26.7 Å². The van der Waals surface area contributed by atoms with Gasteiger partial charge in [-0.15, -0.1) is 10.6 Å². The van der Waals surface area contributed by atoms with E-state index in [9.17, 15) is 22.0 Å². The highest BCUT2D eigenvalue weighted by atomic mass is 35.5. The molecule has 0 fully saturated rings. The third-order valence-corrected chi connectivity index (χ3v) is 5.02. The second-order valence-corrected chi connectivity index (χ2v) is 7.54. The molecular formula is C13H17ClF2N6O4S. The van der Waals surface area contributed by atoms with Gasteiger partial charge in [-0.25, -0.2) is 14.0 Å². The number of sulfonamides is 1. The van der Waals surface area contributed by atoms with Crippen LogP contribution < -0.4 is 25.4 Å². The first-order chi connectivity index (χ1) is 12.6. The number of nitrogens with zero attached hydrogens (tertiary/aromatic N) is 3. The summed E-state index contributed by atoms with van der Waals surface area (Å²) in [5.41, 5.74) is 4.47. The number of alkyl halides is 2. The van der Waals surface area contributed by atoms with Gasteiger partial charge in [-0.05, 0) is 19.1 Å². The fourth-order valence-electron chi connectivity index (χ4n) is 2.27. The Labute approximate surface area is 159 Å². The van der Waals surface area contributed by atoms with Crippen molar-refractivity contribution in [3.8, 4) is 5.75 Å². The Kier molecular flexibility index (Phi) is 6.28. The Morgan fingerprint density at radius 2 is 2.15 bits per heavy atom. The Hall–Kier alpha value is -2.38. The zero-order chi connectivity index (χ0) is 20.4. The molecule has 2 rings (SSSR count). The fourth-order valence-corrected chi connectivity index (χ4v) is 3.64. The van der Waals surface area contributed by atoms with Crippen molar-refractivity contribution in [2.45, 2.75) is 13.5 Å². The van der Waals surface area contributed by atoms with Gasteiger partial charge in [0, 0.05) is 13.6 Å².